The molecule has 0 aromatic carbocycles. The largest absolute Gasteiger partial charge is 0.478 e. The van der Waals surface area contributed by atoms with Crippen molar-refractivity contribution in [1.29, 1.82) is 0 Å². The molecule has 0 fully saturated rings. The number of halogens is 3. The molecular weight excluding hydrogens is 395 g/mol. The number of fused-ring (bicyclic) bond motifs is 1. The minimum Gasteiger partial charge on any atom is -0.478 e. The van der Waals surface area contributed by atoms with E-state index in [2.05, 4.69) is 20.1 Å². The molecule has 154 valence electrons. The average Bonchev–Trinajstić information content (AvgIpc) is 3.10. The van der Waals surface area contributed by atoms with E-state index in [0.29, 0.717) is 0 Å². The van der Waals surface area contributed by atoms with Gasteiger partial charge in [-0.15, -0.1) is 0 Å². The zero-order chi connectivity index (χ0) is 21.2. The molecule has 3 aromatic rings. The monoisotopic (exact) mass is 411 g/mol. The van der Waals surface area contributed by atoms with Gasteiger partial charge in [0.25, 0.3) is 0 Å². The molecule has 0 aliphatic rings. The second kappa shape index (κ2) is 7.62. The van der Waals surface area contributed by atoms with Gasteiger partial charge in [-0.2, -0.15) is 23.0 Å². The number of carboxylic acid groups (broad SMARTS) is 1. The molecule has 3 heterocycles. The maximum Gasteiger partial charge on any atom is 0.420 e. The summed E-state index contributed by atoms with van der Waals surface area (Å²) in [5.74, 6) is -1.93. The summed E-state index contributed by atoms with van der Waals surface area (Å²) in [6.07, 6.45) is -1.24. The van der Waals surface area contributed by atoms with Gasteiger partial charge in [-0.1, -0.05) is 0 Å². The van der Waals surface area contributed by atoms with Gasteiger partial charge in [0, 0.05) is 12.8 Å². The molecule has 1 atom stereocenters. The highest BCUT2D eigenvalue weighted by atomic mass is 19.4. The fourth-order valence-corrected chi connectivity index (χ4v) is 2.49. The lowest BCUT2D eigenvalue weighted by molar-refractivity contribution is -0.159. The van der Waals surface area contributed by atoms with Crippen molar-refractivity contribution in [3.8, 4) is 11.7 Å². The quantitative estimate of drug-likeness (QED) is 0.631. The van der Waals surface area contributed by atoms with E-state index in [-0.39, 0.29) is 30.1 Å². The lowest BCUT2D eigenvalue weighted by Crippen LogP contribution is -2.46. The molecule has 0 saturated heterocycles. The minimum absolute atomic E-state index is 0.0247. The van der Waals surface area contributed by atoms with Gasteiger partial charge in [0.2, 0.25) is 11.5 Å². The number of alkyl halides is 3. The summed E-state index contributed by atoms with van der Waals surface area (Å²) in [6.45, 7) is 2.99. The predicted octanol–water partition coefficient (Wildman–Crippen LogP) is 2.49. The first-order valence-corrected chi connectivity index (χ1v) is 8.39. The zero-order valence-electron chi connectivity index (χ0n) is 15.3. The minimum atomic E-state index is -4.66. The van der Waals surface area contributed by atoms with E-state index in [9.17, 15) is 23.1 Å². The Morgan fingerprint density at radius 2 is 2.03 bits per heavy atom. The Morgan fingerprint density at radius 3 is 2.69 bits per heavy atom. The van der Waals surface area contributed by atoms with Gasteiger partial charge in [-0.05, 0) is 26.0 Å². The topological polar surface area (TPSA) is 112 Å². The van der Waals surface area contributed by atoms with Crippen molar-refractivity contribution < 1.29 is 32.5 Å². The van der Waals surface area contributed by atoms with E-state index >= 15 is 0 Å². The van der Waals surface area contributed by atoms with Gasteiger partial charge >= 0.3 is 12.1 Å². The van der Waals surface area contributed by atoms with E-state index < -0.39 is 29.1 Å². The highest BCUT2D eigenvalue weighted by molar-refractivity contribution is 5.83. The first kappa shape index (κ1) is 20.5. The van der Waals surface area contributed by atoms with Crippen LogP contribution in [0.2, 0.25) is 0 Å². The normalized spacial score (nSPS) is 14.0. The molecule has 12 heteroatoms. The van der Waals surface area contributed by atoms with Crippen LogP contribution < -0.4 is 4.74 Å². The summed E-state index contributed by atoms with van der Waals surface area (Å²) in [4.78, 5) is 23.3. The second-order valence-corrected chi connectivity index (χ2v) is 6.12. The van der Waals surface area contributed by atoms with Gasteiger partial charge < -0.3 is 14.6 Å². The molecule has 0 saturated carbocycles. The number of carboxylic acids is 1. The van der Waals surface area contributed by atoms with Gasteiger partial charge in [-0.3, -0.25) is 0 Å². The van der Waals surface area contributed by atoms with Crippen molar-refractivity contribution in [2.24, 2.45) is 0 Å². The van der Waals surface area contributed by atoms with Gasteiger partial charge in [0.15, 0.2) is 11.5 Å². The van der Waals surface area contributed by atoms with Crippen LogP contribution in [0.5, 0.6) is 5.88 Å². The first-order chi connectivity index (χ1) is 13.7. The van der Waals surface area contributed by atoms with E-state index in [0.717, 1.165) is 23.1 Å². The molecule has 3 aromatic heterocycles. The summed E-state index contributed by atoms with van der Waals surface area (Å²) in [5.41, 5.74) is -2.80. The third-order valence-electron chi connectivity index (χ3n) is 3.98. The van der Waals surface area contributed by atoms with Crippen molar-refractivity contribution in [1.82, 2.24) is 24.7 Å². The zero-order valence-corrected chi connectivity index (χ0v) is 15.3. The number of carbonyl (C=O) groups is 1. The number of ether oxygens (including phenoxy) is 2. The molecule has 0 radical (unpaired) electrons. The number of nitrogens with zero attached hydrogens (tertiary/aromatic N) is 5. The fraction of sp³-hybridized carbons (Fsp3) is 0.353. The van der Waals surface area contributed by atoms with Crippen LogP contribution in [0.3, 0.4) is 0 Å². The Morgan fingerprint density at radius 1 is 1.28 bits per heavy atom. The van der Waals surface area contributed by atoms with Gasteiger partial charge in [0.05, 0.1) is 12.8 Å². The molecule has 0 bridgehead atoms. The van der Waals surface area contributed by atoms with Crippen molar-refractivity contribution >= 4 is 17.0 Å². The number of aliphatic carboxylic acids is 1. The molecule has 0 aliphatic heterocycles. The predicted molar refractivity (Wildman–Crippen MR) is 92.6 cm³/mol. The third kappa shape index (κ3) is 3.97. The molecule has 0 amide bonds. The van der Waals surface area contributed by atoms with Crippen molar-refractivity contribution in [3.63, 3.8) is 0 Å². The van der Waals surface area contributed by atoms with Crippen LogP contribution in [0.1, 0.15) is 19.4 Å². The van der Waals surface area contributed by atoms with E-state index in [4.69, 9.17) is 9.47 Å². The Labute approximate surface area is 162 Å². The maximum atomic E-state index is 13.3. The smallest absolute Gasteiger partial charge is 0.420 e. The summed E-state index contributed by atoms with van der Waals surface area (Å²) >= 11 is 0. The summed E-state index contributed by atoms with van der Waals surface area (Å²) < 4.78 is 51.6. The van der Waals surface area contributed by atoms with Crippen molar-refractivity contribution in [3.05, 3.63) is 36.4 Å². The van der Waals surface area contributed by atoms with Crippen molar-refractivity contribution in [2.75, 3.05) is 13.2 Å². The van der Waals surface area contributed by atoms with Crippen LogP contribution in [-0.4, -0.2) is 54.6 Å². The fourth-order valence-electron chi connectivity index (χ4n) is 2.49. The van der Waals surface area contributed by atoms with Crippen LogP contribution in [0.15, 0.2) is 30.9 Å². The molecule has 9 nitrogen and oxygen atoms in total. The molecule has 29 heavy (non-hydrogen) atoms. The summed E-state index contributed by atoms with van der Waals surface area (Å²) in [5, 5.41) is 13.5. The molecular formula is C17H16F3N5O4. The third-order valence-corrected chi connectivity index (χ3v) is 3.98. The number of hydrogen-bond acceptors (Lipinski definition) is 7. The highest BCUT2D eigenvalue weighted by Gasteiger charge is 2.38. The number of aromatic nitrogens is 5. The number of pyridine rings is 1. The van der Waals surface area contributed by atoms with Crippen LogP contribution in [0.4, 0.5) is 13.2 Å². The SMILES string of the molecule is CCOC[C@](C)(Oc1ncnc2c1cnn2-c1ncccc1C(F)(F)F)C(=O)O. The van der Waals surface area contributed by atoms with E-state index in [1.54, 1.807) is 6.92 Å². The van der Waals surface area contributed by atoms with Crippen LogP contribution in [-0.2, 0) is 15.7 Å². The first-order valence-electron chi connectivity index (χ1n) is 8.39. The van der Waals surface area contributed by atoms with E-state index in [1.807, 2.05) is 0 Å². The van der Waals surface area contributed by atoms with Crippen LogP contribution >= 0.6 is 0 Å². The lowest BCUT2D eigenvalue weighted by atomic mass is 10.1. The molecule has 3 rings (SSSR count). The van der Waals surface area contributed by atoms with E-state index in [1.165, 1.54) is 19.3 Å². The van der Waals surface area contributed by atoms with Gasteiger partial charge in [-0.25, -0.2) is 19.7 Å². The number of rotatable bonds is 7. The summed E-state index contributed by atoms with van der Waals surface area (Å²) in [7, 11) is 0. The van der Waals surface area contributed by atoms with Crippen LogP contribution in [0.25, 0.3) is 16.9 Å². The Kier molecular flexibility index (Phi) is 5.38. The molecule has 1 N–H and O–H groups in total. The lowest BCUT2D eigenvalue weighted by Gasteiger charge is -2.25. The Bertz CT molecular complexity index is 1040. The van der Waals surface area contributed by atoms with Gasteiger partial charge in [0.1, 0.15) is 17.3 Å². The average molecular weight is 411 g/mol. The Balaban J connectivity index is 2.09. The van der Waals surface area contributed by atoms with Crippen molar-refractivity contribution in [2.45, 2.75) is 25.6 Å². The standard InChI is InChI=1S/C17H16F3N5O4/c1-3-28-8-16(2,15(26)27)29-14-10-7-24-25(12(10)22-9-23-14)13-11(17(18,19)20)5-4-6-21-13/h4-7,9H,3,8H2,1-2H3,(H,26,27)/t16-/m0/s1. The number of hydrogen-bond donors (Lipinski definition) is 1. The molecule has 0 aliphatic carbocycles. The van der Waals surface area contributed by atoms with Crippen LogP contribution in [0, 0.1) is 0 Å². The Hall–Kier alpha value is -3.28. The summed E-state index contributed by atoms with van der Waals surface area (Å²) in [6, 6.07) is 2.03. The second-order valence-electron chi connectivity index (χ2n) is 6.12. The maximum absolute atomic E-state index is 13.3. The molecule has 0 unspecified atom stereocenters. The molecule has 0 spiro atoms. The highest BCUT2D eigenvalue weighted by Crippen LogP contribution is 2.34.